The lowest BCUT2D eigenvalue weighted by Crippen LogP contribution is -2.43. The minimum Gasteiger partial charge on any atom is -0.383 e. The van der Waals surface area contributed by atoms with E-state index in [1.165, 1.54) is 11.1 Å². The third kappa shape index (κ3) is 4.33. The number of carbonyl (C=O) groups excluding carboxylic acids is 1. The second kappa shape index (κ2) is 7.26. The molecule has 0 radical (unpaired) electrons. The molecule has 0 saturated carbocycles. The highest BCUT2D eigenvalue weighted by molar-refractivity contribution is 5.78. The van der Waals surface area contributed by atoms with Crippen molar-refractivity contribution in [2.24, 2.45) is 0 Å². The number of fused-ring (bicyclic) bond motifs is 1. The predicted molar refractivity (Wildman–Crippen MR) is 75.1 cm³/mol. The molecule has 1 atom stereocenters. The lowest BCUT2D eigenvalue weighted by Gasteiger charge is -2.25. The van der Waals surface area contributed by atoms with Crippen molar-refractivity contribution in [2.75, 3.05) is 26.8 Å². The van der Waals surface area contributed by atoms with Gasteiger partial charge in [0.1, 0.15) is 0 Å². The van der Waals surface area contributed by atoms with Gasteiger partial charge in [0.2, 0.25) is 5.91 Å². The summed E-state index contributed by atoms with van der Waals surface area (Å²) in [6, 6.07) is 8.75. The average Bonchev–Trinajstić information content (AvgIpc) is 2.43. The van der Waals surface area contributed by atoms with Gasteiger partial charge in [-0.25, -0.2) is 0 Å². The molecule has 1 aromatic rings. The second-order valence-electron chi connectivity index (χ2n) is 4.95. The van der Waals surface area contributed by atoms with Crippen LogP contribution in [0.2, 0.25) is 0 Å². The van der Waals surface area contributed by atoms with Crippen molar-refractivity contribution in [3.63, 3.8) is 0 Å². The first-order valence-electron chi connectivity index (χ1n) is 6.85. The van der Waals surface area contributed by atoms with Gasteiger partial charge in [-0.3, -0.25) is 4.79 Å². The van der Waals surface area contributed by atoms with Crippen LogP contribution in [0.4, 0.5) is 0 Å². The molecule has 0 spiro atoms. The molecule has 0 fully saturated rings. The van der Waals surface area contributed by atoms with Crippen LogP contribution in [0.3, 0.4) is 0 Å². The first-order chi connectivity index (χ1) is 9.29. The van der Waals surface area contributed by atoms with Crippen molar-refractivity contribution >= 4 is 5.91 Å². The van der Waals surface area contributed by atoms with Crippen molar-refractivity contribution in [3.8, 4) is 0 Å². The standard InChI is InChI=1S/C15H22N2O2/c1-19-9-8-16-11-15(18)17-14-7-6-12-4-2-3-5-13(12)10-14/h2-5,14,16H,6-11H2,1H3,(H,17,18). The van der Waals surface area contributed by atoms with E-state index in [4.69, 9.17) is 4.74 Å². The maximum atomic E-state index is 11.8. The number of methoxy groups -OCH3 is 1. The van der Waals surface area contributed by atoms with Crippen LogP contribution in [-0.4, -0.2) is 38.8 Å². The summed E-state index contributed by atoms with van der Waals surface area (Å²) in [7, 11) is 1.65. The molecule has 2 rings (SSSR count). The number of hydrogen-bond acceptors (Lipinski definition) is 3. The van der Waals surface area contributed by atoms with E-state index in [1.807, 2.05) is 0 Å². The summed E-state index contributed by atoms with van der Waals surface area (Å²) in [4.78, 5) is 11.8. The molecule has 1 aliphatic rings. The molecule has 2 N–H and O–H groups in total. The summed E-state index contributed by atoms with van der Waals surface area (Å²) in [6.45, 7) is 1.70. The summed E-state index contributed by atoms with van der Waals surface area (Å²) in [5.41, 5.74) is 2.79. The van der Waals surface area contributed by atoms with Crippen LogP contribution in [0.25, 0.3) is 0 Å². The Morgan fingerprint density at radius 1 is 1.37 bits per heavy atom. The fourth-order valence-corrected chi connectivity index (χ4v) is 2.48. The number of benzene rings is 1. The van der Waals surface area contributed by atoms with Crippen LogP contribution in [0.5, 0.6) is 0 Å². The van der Waals surface area contributed by atoms with E-state index in [9.17, 15) is 4.79 Å². The molecule has 4 heteroatoms. The molecule has 1 amide bonds. The molecule has 0 saturated heterocycles. The minimum absolute atomic E-state index is 0.0699. The predicted octanol–water partition coefficient (Wildman–Crippen LogP) is 0.896. The molecule has 104 valence electrons. The SMILES string of the molecule is COCCNCC(=O)NC1CCc2ccccc2C1. The van der Waals surface area contributed by atoms with Crippen LogP contribution in [0.1, 0.15) is 17.5 Å². The zero-order valence-electron chi connectivity index (χ0n) is 11.4. The molecular formula is C15H22N2O2. The Hall–Kier alpha value is -1.39. The third-order valence-electron chi connectivity index (χ3n) is 3.48. The zero-order chi connectivity index (χ0) is 13.5. The number of nitrogens with one attached hydrogen (secondary N) is 2. The Balaban J connectivity index is 1.74. The Bertz CT molecular complexity index is 420. The number of rotatable bonds is 6. The van der Waals surface area contributed by atoms with Gasteiger partial charge in [-0.2, -0.15) is 0 Å². The molecule has 1 aliphatic carbocycles. The molecule has 0 aliphatic heterocycles. The Labute approximate surface area is 114 Å². The summed E-state index contributed by atoms with van der Waals surface area (Å²) >= 11 is 0. The van der Waals surface area contributed by atoms with Crippen LogP contribution in [0, 0.1) is 0 Å². The highest BCUT2D eigenvalue weighted by atomic mass is 16.5. The van der Waals surface area contributed by atoms with Crippen molar-refractivity contribution < 1.29 is 9.53 Å². The molecule has 0 aromatic heterocycles. The number of ether oxygens (including phenoxy) is 1. The first kappa shape index (κ1) is 14.0. The quantitative estimate of drug-likeness (QED) is 0.749. The van der Waals surface area contributed by atoms with Gasteiger partial charge in [0.15, 0.2) is 0 Å². The second-order valence-corrected chi connectivity index (χ2v) is 4.95. The molecule has 19 heavy (non-hydrogen) atoms. The van der Waals surface area contributed by atoms with E-state index in [0.717, 1.165) is 19.3 Å². The van der Waals surface area contributed by atoms with E-state index in [0.29, 0.717) is 19.7 Å². The minimum atomic E-state index is 0.0699. The Morgan fingerprint density at radius 3 is 2.95 bits per heavy atom. The molecule has 4 nitrogen and oxygen atoms in total. The number of aryl methyl sites for hydroxylation is 1. The fourth-order valence-electron chi connectivity index (χ4n) is 2.48. The van der Waals surface area contributed by atoms with E-state index < -0.39 is 0 Å². The van der Waals surface area contributed by atoms with Gasteiger partial charge in [-0.05, 0) is 30.4 Å². The van der Waals surface area contributed by atoms with Crippen molar-refractivity contribution in [3.05, 3.63) is 35.4 Å². The van der Waals surface area contributed by atoms with Gasteiger partial charge in [0, 0.05) is 19.7 Å². The zero-order valence-corrected chi connectivity index (χ0v) is 11.4. The van der Waals surface area contributed by atoms with Gasteiger partial charge >= 0.3 is 0 Å². The highest BCUT2D eigenvalue weighted by Gasteiger charge is 2.19. The highest BCUT2D eigenvalue weighted by Crippen LogP contribution is 2.20. The maximum absolute atomic E-state index is 11.8. The largest absolute Gasteiger partial charge is 0.383 e. The summed E-state index contributed by atoms with van der Waals surface area (Å²) in [5.74, 6) is 0.0699. The van der Waals surface area contributed by atoms with Gasteiger partial charge in [0.05, 0.1) is 13.2 Å². The monoisotopic (exact) mass is 262 g/mol. The molecule has 0 bridgehead atoms. The van der Waals surface area contributed by atoms with E-state index in [2.05, 4.69) is 34.9 Å². The van der Waals surface area contributed by atoms with Crippen molar-refractivity contribution in [1.29, 1.82) is 0 Å². The van der Waals surface area contributed by atoms with Gasteiger partial charge < -0.3 is 15.4 Å². The molecule has 0 heterocycles. The molecule has 1 unspecified atom stereocenters. The van der Waals surface area contributed by atoms with Gasteiger partial charge in [-0.15, -0.1) is 0 Å². The number of amides is 1. The van der Waals surface area contributed by atoms with Gasteiger partial charge in [0.25, 0.3) is 0 Å². The lowest BCUT2D eigenvalue weighted by molar-refractivity contribution is -0.121. The van der Waals surface area contributed by atoms with E-state index >= 15 is 0 Å². The average molecular weight is 262 g/mol. The van der Waals surface area contributed by atoms with Crippen molar-refractivity contribution in [2.45, 2.75) is 25.3 Å². The fraction of sp³-hybridized carbons (Fsp3) is 0.533. The van der Waals surface area contributed by atoms with Crippen molar-refractivity contribution in [1.82, 2.24) is 10.6 Å². The van der Waals surface area contributed by atoms with Crippen LogP contribution in [-0.2, 0) is 22.4 Å². The number of carbonyl (C=O) groups is 1. The summed E-state index contributed by atoms with van der Waals surface area (Å²) in [6.07, 6.45) is 3.03. The normalized spacial score (nSPS) is 17.8. The number of hydrogen-bond donors (Lipinski definition) is 2. The Kier molecular flexibility index (Phi) is 5.36. The lowest BCUT2D eigenvalue weighted by atomic mass is 9.88. The Morgan fingerprint density at radius 2 is 2.16 bits per heavy atom. The van der Waals surface area contributed by atoms with Crippen LogP contribution < -0.4 is 10.6 Å². The molecule has 1 aromatic carbocycles. The van der Waals surface area contributed by atoms with E-state index in [1.54, 1.807) is 7.11 Å². The van der Waals surface area contributed by atoms with Crippen LogP contribution >= 0.6 is 0 Å². The van der Waals surface area contributed by atoms with Crippen LogP contribution in [0.15, 0.2) is 24.3 Å². The summed E-state index contributed by atoms with van der Waals surface area (Å²) < 4.78 is 4.92. The van der Waals surface area contributed by atoms with Gasteiger partial charge in [-0.1, -0.05) is 24.3 Å². The third-order valence-corrected chi connectivity index (χ3v) is 3.48. The topological polar surface area (TPSA) is 50.4 Å². The summed E-state index contributed by atoms with van der Waals surface area (Å²) in [5, 5.41) is 6.15. The molecular weight excluding hydrogens is 240 g/mol. The maximum Gasteiger partial charge on any atom is 0.234 e. The van der Waals surface area contributed by atoms with E-state index in [-0.39, 0.29) is 11.9 Å². The smallest absolute Gasteiger partial charge is 0.234 e. The first-order valence-corrected chi connectivity index (χ1v) is 6.85.